The Hall–Kier alpha value is 1.60. The predicted octanol–water partition coefficient (Wildman–Crippen LogP) is -0.0554. The summed E-state index contributed by atoms with van der Waals surface area (Å²) in [6.45, 7) is 2.16. The van der Waals surface area contributed by atoms with Gasteiger partial charge < -0.3 is 0 Å². The maximum absolute atomic E-state index is 2.16. The molecule has 0 aliphatic rings. The molecule has 0 aliphatic carbocycles. The summed E-state index contributed by atoms with van der Waals surface area (Å²) in [5, 5.41) is 0. The van der Waals surface area contributed by atoms with Gasteiger partial charge in [0, 0.05) is 0 Å². The van der Waals surface area contributed by atoms with E-state index < -0.39 is 0 Å². The van der Waals surface area contributed by atoms with Gasteiger partial charge in [0.25, 0.3) is 0 Å². The average Bonchev–Trinajstić information content (AvgIpc) is 0.918. The summed E-state index contributed by atoms with van der Waals surface area (Å²) in [4.78, 5) is 0. The zero-order valence-electron chi connectivity index (χ0n) is 2.78. The van der Waals surface area contributed by atoms with Crippen molar-refractivity contribution in [3.05, 3.63) is 0 Å². The molecular weight excluding hydrogens is 261 g/mol. The summed E-state index contributed by atoms with van der Waals surface area (Å²) in [6, 6.07) is 0. The number of hydrogen-bond acceptors (Lipinski definition) is 0. The standard InChI is InChI=1S/C2H5.2Sn.H/c1-2;;;/h1H2,2H3;;;. The van der Waals surface area contributed by atoms with E-state index in [-0.39, 0.29) is 23.9 Å². The molecule has 2 heteroatoms. The van der Waals surface area contributed by atoms with E-state index in [2.05, 4.69) is 6.92 Å². The van der Waals surface area contributed by atoms with E-state index in [0.717, 1.165) is 0 Å². The quantitative estimate of drug-likeness (QED) is 0.540. The molecule has 0 aliphatic heterocycles. The van der Waals surface area contributed by atoms with Gasteiger partial charge in [0.1, 0.15) is 0 Å². The van der Waals surface area contributed by atoms with Crippen molar-refractivity contribution in [1.29, 1.82) is 0 Å². The van der Waals surface area contributed by atoms with Gasteiger partial charge in [0.2, 0.25) is 0 Å². The zero-order valence-corrected chi connectivity index (χ0v) is 8.93. The monoisotopic (exact) mass is 270 g/mol. The van der Waals surface area contributed by atoms with Crippen molar-refractivity contribution in [3.63, 3.8) is 0 Å². The van der Waals surface area contributed by atoms with Crippen LogP contribution in [0, 0.1) is 0 Å². The van der Waals surface area contributed by atoms with Gasteiger partial charge in [-0.05, 0) is 0 Å². The van der Waals surface area contributed by atoms with E-state index in [1.165, 1.54) is 4.44 Å². The summed E-state index contributed by atoms with van der Waals surface area (Å²) in [5.74, 6) is 0. The van der Waals surface area contributed by atoms with Crippen molar-refractivity contribution >= 4 is 46.4 Å². The van der Waals surface area contributed by atoms with Crippen molar-refractivity contribution in [1.82, 2.24) is 0 Å². The number of rotatable bonds is 0. The first-order valence-electron chi connectivity index (χ1n) is 1.06. The molecule has 0 aromatic rings. The Labute approximate surface area is 57.4 Å². The van der Waals surface area contributed by atoms with Crippen LogP contribution in [-0.2, 0) is 0 Å². The van der Waals surface area contributed by atoms with Crippen LogP contribution in [0.15, 0.2) is 0 Å². The molecule has 0 fully saturated rings. The fraction of sp³-hybridized carbons (Fsp3) is 1.00. The molecule has 0 unspecified atom stereocenters. The molecule has 0 spiro atoms. The molecule has 4 heavy (non-hydrogen) atoms. The van der Waals surface area contributed by atoms with Crippen molar-refractivity contribution < 1.29 is 0 Å². The van der Waals surface area contributed by atoms with Gasteiger partial charge in [-0.3, -0.25) is 0 Å². The van der Waals surface area contributed by atoms with Crippen LogP contribution < -0.4 is 0 Å². The summed E-state index contributed by atoms with van der Waals surface area (Å²) >= 11 is 1.64. The molecule has 0 N–H and O–H groups in total. The molecule has 0 nitrogen and oxygen atoms in total. The molecule has 6 radical (unpaired) electrons. The Morgan fingerprint density at radius 1 is 1.75 bits per heavy atom. The molecule has 0 bridgehead atoms. The average molecular weight is 267 g/mol. The molecule has 0 rings (SSSR count). The van der Waals surface area contributed by atoms with Crippen LogP contribution in [0.3, 0.4) is 0 Å². The summed E-state index contributed by atoms with van der Waals surface area (Å²) in [6.07, 6.45) is 0. The van der Waals surface area contributed by atoms with Crippen molar-refractivity contribution in [2.24, 2.45) is 0 Å². The van der Waals surface area contributed by atoms with Gasteiger partial charge >= 0.3 is 57.8 Å². The summed E-state index contributed by atoms with van der Waals surface area (Å²) < 4.78 is 1.34. The molecule has 22 valence electrons. The van der Waals surface area contributed by atoms with Crippen molar-refractivity contribution in [2.45, 2.75) is 11.4 Å². The third-order valence-corrected chi connectivity index (χ3v) is 0. The van der Waals surface area contributed by atoms with Gasteiger partial charge in [0.15, 0.2) is 0 Å². The molecule has 0 amide bonds. The first-order valence-corrected chi connectivity index (χ1v) is 3.08. The maximum atomic E-state index is 2.16. The van der Waals surface area contributed by atoms with E-state index in [0.29, 0.717) is 0 Å². The summed E-state index contributed by atoms with van der Waals surface area (Å²) in [5.41, 5.74) is 0. The molecule has 0 aromatic carbocycles. The van der Waals surface area contributed by atoms with Crippen molar-refractivity contribution in [3.8, 4) is 0 Å². The van der Waals surface area contributed by atoms with Crippen LogP contribution in [0.5, 0.6) is 0 Å². The fourth-order valence-corrected chi connectivity index (χ4v) is 0. The van der Waals surface area contributed by atoms with E-state index in [1.54, 1.807) is 22.5 Å². The van der Waals surface area contributed by atoms with E-state index in [9.17, 15) is 0 Å². The van der Waals surface area contributed by atoms with Gasteiger partial charge in [-0.15, -0.1) is 0 Å². The Morgan fingerprint density at radius 3 is 1.75 bits per heavy atom. The molecule has 0 saturated carbocycles. The van der Waals surface area contributed by atoms with Crippen molar-refractivity contribution in [2.75, 3.05) is 0 Å². The van der Waals surface area contributed by atoms with Crippen LogP contribution >= 0.6 is 0 Å². The van der Waals surface area contributed by atoms with Gasteiger partial charge in [0.05, 0.1) is 0 Å². The molecule has 0 heterocycles. The van der Waals surface area contributed by atoms with E-state index in [4.69, 9.17) is 0 Å². The van der Waals surface area contributed by atoms with Crippen LogP contribution in [-0.4, -0.2) is 46.4 Å². The minimum atomic E-state index is 0. The third-order valence-electron chi connectivity index (χ3n) is 0. The van der Waals surface area contributed by atoms with Crippen LogP contribution in [0.4, 0.5) is 0 Å². The predicted molar refractivity (Wildman–Crippen MR) is 23.4 cm³/mol. The second-order valence-corrected chi connectivity index (χ2v) is 2.37. The first kappa shape index (κ1) is 9.14. The third kappa shape index (κ3) is 9.51. The molecular formula is C2H6Sn2. The van der Waals surface area contributed by atoms with Gasteiger partial charge in [-0.1, -0.05) is 0 Å². The second-order valence-electron chi connectivity index (χ2n) is 0.354. The number of hydrogen-bond donors (Lipinski definition) is 0. The SMILES string of the molecule is C[CH2][Sn].[SnH]. The minimum absolute atomic E-state index is 0. The van der Waals surface area contributed by atoms with Gasteiger partial charge in [-0.2, -0.15) is 0 Å². The topological polar surface area (TPSA) is 0 Å². The zero-order chi connectivity index (χ0) is 2.71. The fourth-order valence-electron chi connectivity index (χ4n) is 0. The Bertz CT molecular complexity index is 4.00. The Balaban J connectivity index is 0. The van der Waals surface area contributed by atoms with Gasteiger partial charge in [-0.25, -0.2) is 0 Å². The molecule has 0 saturated heterocycles. The molecule has 0 aromatic heterocycles. The van der Waals surface area contributed by atoms with E-state index >= 15 is 0 Å². The normalized spacial score (nSPS) is 4.50. The first-order chi connectivity index (χ1) is 1.41. The van der Waals surface area contributed by atoms with E-state index in [1.807, 2.05) is 0 Å². The van der Waals surface area contributed by atoms with Crippen LogP contribution in [0.25, 0.3) is 0 Å². The summed E-state index contributed by atoms with van der Waals surface area (Å²) in [7, 11) is 0. The molecule has 0 atom stereocenters. The second kappa shape index (κ2) is 8.82. The Morgan fingerprint density at radius 2 is 1.75 bits per heavy atom. The van der Waals surface area contributed by atoms with Crippen LogP contribution in [0.1, 0.15) is 6.92 Å². The van der Waals surface area contributed by atoms with Crippen LogP contribution in [0.2, 0.25) is 4.44 Å². The Kier molecular flexibility index (Phi) is 20.2.